The van der Waals surface area contributed by atoms with Crippen LogP contribution >= 0.6 is 12.2 Å². The van der Waals surface area contributed by atoms with Crippen molar-refractivity contribution in [1.29, 1.82) is 0 Å². The predicted octanol–water partition coefficient (Wildman–Crippen LogP) is 8.74. The van der Waals surface area contributed by atoms with Gasteiger partial charge in [-0.05, 0) is 65.7 Å². The Hall–Kier alpha value is -2.82. The van der Waals surface area contributed by atoms with Gasteiger partial charge in [0.1, 0.15) is 5.75 Å². The second-order valence-electron chi connectivity index (χ2n) is 12.6. The molecule has 2 aromatic rings. The number of aliphatic imine (C=N–C) groups is 1. The quantitative estimate of drug-likeness (QED) is 0.186. The van der Waals surface area contributed by atoms with Crippen molar-refractivity contribution in [2.45, 2.75) is 102 Å². The molecule has 226 valence electrons. The Morgan fingerprint density at radius 1 is 0.829 bits per heavy atom. The molecule has 0 radical (unpaired) electrons. The summed E-state index contributed by atoms with van der Waals surface area (Å²) in [6.45, 7) is 12.3. The van der Waals surface area contributed by atoms with Gasteiger partial charge in [-0.25, -0.2) is 0 Å². The Labute approximate surface area is 242 Å². The largest absolute Gasteiger partial charge is 0.507 e. The minimum atomic E-state index is -4.96. The van der Waals surface area contributed by atoms with Crippen molar-refractivity contribution < 1.29 is 31.4 Å². The number of halogens is 6. The average molecular weight is 602 g/mol. The Bertz CT molecular complexity index is 1260. The molecule has 2 aromatic carbocycles. The van der Waals surface area contributed by atoms with Crippen molar-refractivity contribution >= 4 is 29.2 Å². The highest BCUT2D eigenvalue weighted by molar-refractivity contribution is 7.80. The lowest BCUT2D eigenvalue weighted by atomic mass is 9.79. The zero-order chi connectivity index (χ0) is 31.0. The van der Waals surface area contributed by atoms with Crippen LogP contribution in [0.5, 0.6) is 5.75 Å². The van der Waals surface area contributed by atoms with E-state index in [2.05, 4.69) is 31.4 Å². The van der Waals surface area contributed by atoms with Crippen LogP contribution in [0.2, 0.25) is 0 Å². The number of aromatic hydroxyl groups is 1. The Morgan fingerprint density at radius 2 is 1.39 bits per heavy atom. The maximum atomic E-state index is 13.3. The van der Waals surface area contributed by atoms with E-state index in [9.17, 15) is 31.4 Å². The Kier molecular flexibility index (Phi) is 9.42. The second-order valence-corrected chi connectivity index (χ2v) is 13.0. The van der Waals surface area contributed by atoms with Crippen molar-refractivity contribution in [3.8, 4) is 5.75 Å². The number of benzene rings is 2. The Balaban J connectivity index is 1.85. The molecule has 11 heteroatoms. The fourth-order valence-corrected chi connectivity index (χ4v) is 5.03. The summed E-state index contributed by atoms with van der Waals surface area (Å²) in [5.41, 5.74) is -1.32. The van der Waals surface area contributed by atoms with Crippen LogP contribution in [0, 0.1) is 0 Å². The molecule has 0 bridgehead atoms. The van der Waals surface area contributed by atoms with E-state index in [0.717, 1.165) is 24.0 Å². The first-order valence-corrected chi connectivity index (χ1v) is 13.9. The van der Waals surface area contributed by atoms with Crippen LogP contribution in [0.15, 0.2) is 35.3 Å². The van der Waals surface area contributed by atoms with Gasteiger partial charge < -0.3 is 15.7 Å². The van der Waals surface area contributed by atoms with Gasteiger partial charge in [-0.2, -0.15) is 26.3 Å². The van der Waals surface area contributed by atoms with Gasteiger partial charge >= 0.3 is 12.4 Å². The van der Waals surface area contributed by atoms with E-state index in [1.54, 1.807) is 6.21 Å². The minimum absolute atomic E-state index is 0.0721. The lowest BCUT2D eigenvalue weighted by molar-refractivity contribution is -0.143. The third-order valence-corrected chi connectivity index (χ3v) is 7.33. The maximum Gasteiger partial charge on any atom is 0.416 e. The minimum Gasteiger partial charge on any atom is -0.507 e. The summed E-state index contributed by atoms with van der Waals surface area (Å²) in [6.07, 6.45) is -5.18. The highest BCUT2D eigenvalue weighted by Gasteiger charge is 2.37. The molecule has 0 aromatic heterocycles. The molecule has 41 heavy (non-hydrogen) atoms. The number of phenolic OH excluding ortho intramolecular Hbond substituents is 1. The molecule has 1 fully saturated rings. The second kappa shape index (κ2) is 11.8. The molecular formula is C30H37F6N3OS. The molecule has 1 aliphatic rings. The molecule has 0 saturated heterocycles. The molecule has 4 nitrogen and oxygen atoms in total. The number of alkyl halides is 6. The summed E-state index contributed by atoms with van der Waals surface area (Å²) in [5, 5.41) is 16.5. The van der Waals surface area contributed by atoms with E-state index in [-0.39, 0.29) is 39.8 Å². The normalized spacial score (nSPS) is 18.9. The highest BCUT2D eigenvalue weighted by atomic mass is 32.1. The molecule has 0 amide bonds. The molecule has 3 N–H and O–H groups in total. The van der Waals surface area contributed by atoms with Gasteiger partial charge in [0.05, 0.1) is 23.2 Å². The van der Waals surface area contributed by atoms with E-state index in [0.29, 0.717) is 30.5 Å². The summed E-state index contributed by atoms with van der Waals surface area (Å²) in [7, 11) is 0. The SMILES string of the molecule is CC(C)(C)c1cc(C=N[C@@H]2CCCC[C@H]2NC(=S)Nc2cc(C(F)(F)F)cc(C(F)(F)F)c2)c(O)c(C(C)(C)C)c1. The first-order valence-electron chi connectivity index (χ1n) is 13.4. The van der Waals surface area contributed by atoms with Gasteiger partial charge in [0.15, 0.2) is 5.11 Å². The van der Waals surface area contributed by atoms with Crippen LogP contribution < -0.4 is 10.6 Å². The lowest BCUT2D eigenvalue weighted by Crippen LogP contribution is -2.46. The van der Waals surface area contributed by atoms with Crippen LogP contribution in [-0.2, 0) is 23.2 Å². The van der Waals surface area contributed by atoms with Gasteiger partial charge in [0.2, 0.25) is 0 Å². The van der Waals surface area contributed by atoms with Crippen LogP contribution in [-0.4, -0.2) is 28.5 Å². The molecule has 1 aliphatic carbocycles. The topological polar surface area (TPSA) is 56.7 Å². The standard InChI is InChI=1S/C30H37F6N3OS/c1-27(2,3)18-11-17(25(40)22(15-18)28(4,5)6)16-37-23-9-7-8-10-24(23)39-26(41)38-21-13-19(29(31,32)33)12-20(14-21)30(34,35)36/h11-16,23-24,40H,7-10H2,1-6H3,(H2,38,39,41)/t23-,24-/m1/s1. The van der Waals surface area contributed by atoms with E-state index in [1.807, 2.05) is 32.9 Å². The number of phenols is 1. The maximum absolute atomic E-state index is 13.3. The molecule has 0 heterocycles. The van der Waals surface area contributed by atoms with Crippen molar-refractivity contribution in [3.63, 3.8) is 0 Å². The van der Waals surface area contributed by atoms with E-state index < -0.39 is 29.2 Å². The number of rotatable bonds is 4. The number of hydrogen-bond acceptors (Lipinski definition) is 3. The van der Waals surface area contributed by atoms with Crippen molar-refractivity contribution in [1.82, 2.24) is 5.32 Å². The molecule has 3 rings (SSSR count). The Morgan fingerprint density at radius 3 is 1.90 bits per heavy atom. The first-order chi connectivity index (χ1) is 18.7. The monoisotopic (exact) mass is 601 g/mol. The number of nitrogens with one attached hydrogen (secondary N) is 2. The molecule has 2 atom stereocenters. The third kappa shape index (κ3) is 8.59. The van der Waals surface area contributed by atoms with E-state index in [1.165, 1.54) is 0 Å². The van der Waals surface area contributed by atoms with Crippen molar-refractivity contribution in [2.24, 2.45) is 4.99 Å². The van der Waals surface area contributed by atoms with E-state index >= 15 is 0 Å². The molecule has 0 aliphatic heterocycles. The van der Waals surface area contributed by atoms with Crippen molar-refractivity contribution in [2.75, 3.05) is 5.32 Å². The van der Waals surface area contributed by atoms with Crippen LogP contribution in [0.3, 0.4) is 0 Å². The molecule has 0 unspecified atom stereocenters. The fourth-order valence-electron chi connectivity index (χ4n) is 4.76. The average Bonchev–Trinajstić information content (AvgIpc) is 2.81. The predicted molar refractivity (Wildman–Crippen MR) is 155 cm³/mol. The van der Waals surface area contributed by atoms with Gasteiger partial charge in [-0.1, -0.05) is 60.5 Å². The van der Waals surface area contributed by atoms with E-state index in [4.69, 9.17) is 17.2 Å². The zero-order valence-corrected chi connectivity index (χ0v) is 24.8. The number of nitrogens with zero attached hydrogens (tertiary/aromatic N) is 1. The summed E-state index contributed by atoms with van der Waals surface area (Å²) < 4.78 is 79.5. The zero-order valence-electron chi connectivity index (χ0n) is 24.0. The van der Waals surface area contributed by atoms with Gasteiger partial charge in [0, 0.05) is 23.0 Å². The third-order valence-electron chi connectivity index (χ3n) is 7.11. The lowest BCUT2D eigenvalue weighted by Gasteiger charge is -2.31. The summed E-state index contributed by atoms with van der Waals surface area (Å²) in [4.78, 5) is 4.76. The van der Waals surface area contributed by atoms with Gasteiger partial charge in [-0.15, -0.1) is 0 Å². The molecular weight excluding hydrogens is 564 g/mol. The molecule has 1 saturated carbocycles. The smallest absolute Gasteiger partial charge is 0.416 e. The fraction of sp³-hybridized carbons (Fsp3) is 0.533. The molecule has 0 spiro atoms. The summed E-state index contributed by atoms with van der Waals surface area (Å²) >= 11 is 5.28. The van der Waals surface area contributed by atoms with Crippen molar-refractivity contribution in [3.05, 3.63) is 58.1 Å². The number of hydrogen-bond donors (Lipinski definition) is 3. The highest BCUT2D eigenvalue weighted by Crippen LogP contribution is 2.39. The first kappa shape index (κ1) is 32.7. The van der Waals surface area contributed by atoms with Crippen LogP contribution in [0.25, 0.3) is 0 Å². The number of anilines is 1. The number of thiocarbonyl (C=S) groups is 1. The summed E-state index contributed by atoms with van der Waals surface area (Å²) in [6, 6.07) is 4.61. The van der Waals surface area contributed by atoms with Crippen LogP contribution in [0.1, 0.15) is 95.0 Å². The summed E-state index contributed by atoms with van der Waals surface area (Å²) in [5.74, 6) is 0.150. The van der Waals surface area contributed by atoms with Gasteiger partial charge in [-0.3, -0.25) is 4.99 Å². The van der Waals surface area contributed by atoms with Crippen LogP contribution in [0.4, 0.5) is 32.0 Å². The van der Waals surface area contributed by atoms with Gasteiger partial charge in [0.25, 0.3) is 0 Å².